The lowest BCUT2D eigenvalue weighted by Gasteiger charge is -2.40. The zero-order chi connectivity index (χ0) is 79.9. The van der Waals surface area contributed by atoms with Crippen LogP contribution in [-0.2, 0) is 60.9 Å². The second-order valence-corrected chi connectivity index (χ2v) is 24.3. The van der Waals surface area contributed by atoms with Gasteiger partial charge in [0.05, 0.1) is 213 Å². The molecule has 8 aromatic rings. The molecule has 0 aromatic heterocycles. The van der Waals surface area contributed by atoms with E-state index >= 15 is 0 Å². The summed E-state index contributed by atoms with van der Waals surface area (Å²) >= 11 is 0. The van der Waals surface area contributed by atoms with E-state index in [0.717, 1.165) is 35.1 Å². The third-order valence-corrected chi connectivity index (χ3v) is 18.8. The molecule has 602 valence electrons. The van der Waals surface area contributed by atoms with Crippen molar-refractivity contribution in [1.82, 2.24) is 0 Å². The number of benzene rings is 8. The summed E-state index contributed by atoms with van der Waals surface area (Å²) in [6, 6.07) is 36.6. The van der Waals surface area contributed by atoms with Crippen LogP contribution in [-0.4, -0.2) is 202 Å². The molecule has 4 aliphatic heterocycles. The molecule has 0 atom stereocenters. The van der Waals surface area contributed by atoms with Crippen molar-refractivity contribution in [2.75, 3.05) is 202 Å². The lowest BCUT2D eigenvalue weighted by molar-refractivity contribution is -0.251. The van der Waals surface area contributed by atoms with E-state index in [1.54, 1.807) is 191 Å². The second-order valence-electron chi connectivity index (χ2n) is 24.3. The van der Waals surface area contributed by atoms with Crippen molar-refractivity contribution in [3.63, 3.8) is 0 Å². The molecule has 111 heavy (non-hydrogen) atoms. The van der Waals surface area contributed by atoms with E-state index in [-0.39, 0.29) is 0 Å². The maximum absolute atomic E-state index is 6.33. The molecular formula is C83H102O28. The summed E-state index contributed by atoms with van der Waals surface area (Å²) in [6.45, 7) is 4.18. The second kappa shape index (κ2) is 39.4. The standard InChI is InChI=1S/C22H28O8.C21H26O8.2C20H24O6/c1-23-14-10-16(25-3)20(17(11-14)26-4)22(29-8-7-9-30-22)21-18(27-5)12-15(24-2)13-19(21)28-6;1-22-13-9-15(24-3)19(16(10-13)25-4)21(28-7-8-29-21)20-17(26-5)11-14(23-2)12-18(20)27-6;1-21-14-6-8-16(18(12-14)23-3)20(25-10-5-11-26-20)17-9-7-15(22-2)13-19(17)24-4;1-21-16-7-5-14(11-18(16)23-3)20(13-25-9-10-26-20)15-6-8-17(22-2)19(12-15)24-4/h10-13H,7-9H2,1-6H3;9-12H,7-8H2,1-6H3;6-9,12-13H,5,10-11H2,1-4H3;5-8,11-12H,9-10,13H2,1-4H3. The molecule has 28 heteroatoms. The lowest BCUT2D eigenvalue weighted by Crippen LogP contribution is -2.41. The third-order valence-electron chi connectivity index (χ3n) is 18.8. The first-order valence-electron chi connectivity index (χ1n) is 35.2. The highest BCUT2D eigenvalue weighted by Gasteiger charge is 2.52. The number of hydrogen-bond donors (Lipinski definition) is 0. The molecule has 4 saturated heterocycles. The van der Waals surface area contributed by atoms with Crippen molar-refractivity contribution in [3.8, 4) is 115 Å². The van der Waals surface area contributed by atoms with Gasteiger partial charge in [0.1, 0.15) is 120 Å². The fraction of sp³-hybridized carbons (Fsp3) is 0.422. The van der Waals surface area contributed by atoms with Gasteiger partial charge in [0, 0.05) is 60.7 Å². The van der Waals surface area contributed by atoms with Gasteiger partial charge in [0.15, 0.2) is 23.0 Å². The van der Waals surface area contributed by atoms with E-state index in [4.69, 9.17) is 133 Å². The minimum Gasteiger partial charge on any atom is -0.497 e. The van der Waals surface area contributed by atoms with Crippen molar-refractivity contribution in [2.24, 2.45) is 0 Å². The molecule has 4 heterocycles. The van der Waals surface area contributed by atoms with Gasteiger partial charge in [-0.05, 0) is 72.5 Å². The Morgan fingerprint density at radius 3 is 0.712 bits per heavy atom. The molecule has 28 nitrogen and oxygen atoms in total. The molecule has 4 fully saturated rings. The Hall–Kier alpha value is -10.6. The highest BCUT2D eigenvalue weighted by Crippen LogP contribution is 2.57. The van der Waals surface area contributed by atoms with E-state index in [1.165, 1.54) is 0 Å². The maximum Gasteiger partial charge on any atom is 0.237 e. The van der Waals surface area contributed by atoms with Gasteiger partial charge in [-0.15, -0.1) is 0 Å². The Bertz CT molecular complexity index is 3980. The van der Waals surface area contributed by atoms with Crippen LogP contribution in [0.3, 0.4) is 0 Å². The summed E-state index contributed by atoms with van der Waals surface area (Å²) in [5.74, 6) is 7.42. The Balaban J connectivity index is 0.000000170. The summed E-state index contributed by atoms with van der Waals surface area (Å²) in [7, 11) is 31.7. The van der Waals surface area contributed by atoms with E-state index in [1.807, 2.05) is 72.8 Å². The monoisotopic (exact) mass is 1550 g/mol. The topological polar surface area (TPSA) is 258 Å². The quantitative estimate of drug-likeness (QED) is 0.0441. The smallest absolute Gasteiger partial charge is 0.237 e. The van der Waals surface area contributed by atoms with Crippen molar-refractivity contribution in [1.29, 1.82) is 0 Å². The third kappa shape index (κ3) is 17.5. The largest absolute Gasteiger partial charge is 0.497 e. The summed E-state index contributed by atoms with van der Waals surface area (Å²) in [5, 5.41) is 0. The molecule has 0 aliphatic carbocycles. The Morgan fingerprint density at radius 2 is 0.459 bits per heavy atom. The van der Waals surface area contributed by atoms with Crippen LogP contribution in [0, 0.1) is 0 Å². The van der Waals surface area contributed by atoms with E-state index in [9.17, 15) is 0 Å². The van der Waals surface area contributed by atoms with Gasteiger partial charge >= 0.3 is 0 Å². The summed E-state index contributed by atoms with van der Waals surface area (Å²) in [6.07, 6.45) is 1.56. The number of ether oxygens (including phenoxy) is 28. The molecule has 0 saturated carbocycles. The molecule has 4 aliphatic rings. The average molecular weight is 1550 g/mol. The van der Waals surface area contributed by atoms with Gasteiger partial charge in [0.25, 0.3) is 0 Å². The fourth-order valence-electron chi connectivity index (χ4n) is 13.4. The van der Waals surface area contributed by atoms with Crippen LogP contribution in [0.15, 0.2) is 121 Å². The predicted molar refractivity (Wildman–Crippen MR) is 407 cm³/mol. The van der Waals surface area contributed by atoms with Crippen LogP contribution < -0.4 is 94.7 Å². The summed E-state index contributed by atoms with van der Waals surface area (Å²) in [4.78, 5) is 0. The molecule has 0 bridgehead atoms. The van der Waals surface area contributed by atoms with Gasteiger partial charge in [0.2, 0.25) is 17.4 Å². The zero-order valence-corrected chi connectivity index (χ0v) is 66.8. The van der Waals surface area contributed by atoms with Crippen LogP contribution in [0.25, 0.3) is 0 Å². The Labute approximate surface area is 648 Å². The zero-order valence-electron chi connectivity index (χ0n) is 66.8. The molecule has 0 N–H and O–H groups in total. The maximum atomic E-state index is 6.33. The van der Waals surface area contributed by atoms with Gasteiger partial charge in [-0.25, -0.2) is 0 Å². The number of methoxy groups -OCH3 is 20. The van der Waals surface area contributed by atoms with Crippen LogP contribution in [0.4, 0.5) is 0 Å². The van der Waals surface area contributed by atoms with Crippen LogP contribution >= 0.6 is 0 Å². The Morgan fingerprint density at radius 1 is 0.207 bits per heavy atom. The highest BCUT2D eigenvalue weighted by atomic mass is 16.7. The normalized spacial score (nSPS) is 15.5. The van der Waals surface area contributed by atoms with Crippen LogP contribution in [0.2, 0.25) is 0 Å². The van der Waals surface area contributed by atoms with Crippen molar-refractivity contribution < 1.29 is 133 Å². The van der Waals surface area contributed by atoms with Gasteiger partial charge in [-0.2, -0.15) is 0 Å². The van der Waals surface area contributed by atoms with Crippen molar-refractivity contribution >= 4 is 0 Å². The molecule has 8 aromatic carbocycles. The first kappa shape index (κ1) is 84.5. The first-order chi connectivity index (χ1) is 54.0. The minimum atomic E-state index is -1.40. The SMILES string of the molecule is COc1cc(OC)c(C2(c3c(OC)cc(OC)cc3OC)OCCCO2)c(OC)c1.COc1cc(OC)c(C2(c3c(OC)cc(OC)cc3OC)OCCO2)c(OC)c1.COc1ccc(C2(c3ccc(OC)c(OC)c3)COCCO2)cc1OC.COc1ccc(C2(c3ccc(OC)cc3OC)OCCCO2)c(OC)c1. The summed E-state index contributed by atoms with van der Waals surface area (Å²) < 4.78 is 160. The molecule has 0 radical (unpaired) electrons. The van der Waals surface area contributed by atoms with Crippen molar-refractivity contribution in [2.45, 2.75) is 35.8 Å². The van der Waals surface area contributed by atoms with Gasteiger partial charge < -0.3 is 133 Å². The van der Waals surface area contributed by atoms with Gasteiger partial charge in [-0.3, -0.25) is 0 Å². The van der Waals surface area contributed by atoms with Crippen LogP contribution in [0.1, 0.15) is 57.3 Å². The fourth-order valence-corrected chi connectivity index (χ4v) is 13.4. The van der Waals surface area contributed by atoms with E-state index in [0.29, 0.717) is 197 Å². The lowest BCUT2D eigenvalue weighted by atomic mass is 9.85. The number of rotatable bonds is 28. The molecule has 0 amide bonds. The van der Waals surface area contributed by atoms with E-state index < -0.39 is 23.0 Å². The minimum absolute atomic E-state index is 0.358. The molecular weight excluding hydrogens is 1440 g/mol. The summed E-state index contributed by atoms with van der Waals surface area (Å²) in [5.41, 5.74) is 4.77. The predicted octanol–water partition coefficient (Wildman–Crippen LogP) is 12.7. The molecule has 0 spiro atoms. The van der Waals surface area contributed by atoms with Gasteiger partial charge in [-0.1, -0.05) is 12.1 Å². The van der Waals surface area contributed by atoms with Crippen LogP contribution in [0.5, 0.6) is 115 Å². The highest BCUT2D eigenvalue weighted by molar-refractivity contribution is 5.65. The molecule has 0 unspecified atom stereocenters. The number of hydrogen-bond acceptors (Lipinski definition) is 28. The Kier molecular flexibility index (Phi) is 30.0. The van der Waals surface area contributed by atoms with E-state index in [2.05, 4.69) is 0 Å². The van der Waals surface area contributed by atoms with Crippen molar-refractivity contribution in [3.05, 3.63) is 166 Å². The average Bonchev–Trinajstić information content (AvgIpc) is 1.70. The first-order valence-corrected chi connectivity index (χ1v) is 35.2. The molecule has 12 rings (SSSR count).